The zero-order chi connectivity index (χ0) is 49.2. The van der Waals surface area contributed by atoms with Crippen LogP contribution in [0.1, 0.15) is 232 Å². The van der Waals surface area contributed by atoms with Crippen LogP contribution in [0.25, 0.3) is 0 Å². The highest BCUT2D eigenvalue weighted by Crippen LogP contribution is 2.15. The predicted molar refractivity (Wildman–Crippen MR) is 284 cm³/mol. The van der Waals surface area contributed by atoms with Crippen molar-refractivity contribution in [1.82, 2.24) is 0 Å². The molecule has 0 aliphatic carbocycles. The summed E-state index contributed by atoms with van der Waals surface area (Å²) in [6.07, 6.45) is 63.8. The van der Waals surface area contributed by atoms with E-state index >= 15 is 0 Å². The lowest BCUT2D eigenvalue weighted by molar-refractivity contribution is -0.887. The van der Waals surface area contributed by atoms with E-state index in [1.54, 1.807) is 0 Å². The molecule has 0 aromatic heterocycles. The van der Waals surface area contributed by atoms with E-state index in [1.165, 1.54) is 109 Å². The number of hydrogen-bond acceptors (Lipinski definition) is 6. The lowest BCUT2D eigenvalue weighted by atomic mass is 10.1. The van der Waals surface area contributed by atoms with E-state index < -0.39 is 18.1 Å². The van der Waals surface area contributed by atoms with Gasteiger partial charge in [0.2, 0.25) is 0 Å². The van der Waals surface area contributed by atoms with Gasteiger partial charge in [-0.1, -0.05) is 202 Å². The van der Waals surface area contributed by atoms with Gasteiger partial charge in [-0.05, 0) is 83.5 Å². The van der Waals surface area contributed by atoms with Crippen molar-refractivity contribution in [2.45, 2.75) is 244 Å². The van der Waals surface area contributed by atoms with Crippen LogP contribution in [-0.4, -0.2) is 80.6 Å². The van der Waals surface area contributed by atoms with E-state index in [0.717, 1.165) is 89.9 Å². The number of quaternary nitrogens is 1. The fourth-order valence-electron chi connectivity index (χ4n) is 7.88. The summed E-state index contributed by atoms with van der Waals surface area (Å²) in [4.78, 5) is 37.2. The minimum Gasteiger partial charge on any atom is -0.477 e. The number of nitrogens with zero attached hydrogens (tertiary/aromatic N) is 1. The Hall–Kier alpha value is -3.23. The summed E-state index contributed by atoms with van der Waals surface area (Å²) < 4.78 is 17.4. The van der Waals surface area contributed by atoms with Crippen molar-refractivity contribution < 1.29 is 38.2 Å². The standard InChI is InChI=1S/C59H103NO7/c1-6-8-10-12-14-16-18-20-22-24-26-28-29-30-32-33-35-37-39-41-43-45-47-49-57(61)66-54-55(53-65-52-51-56(59(63)64)60(3,4)5)67-58(62)50-48-46-44-42-40-38-36-34-31-27-25-23-21-19-17-15-13-11-9-7-2/h9,11,15,17,21,23,26-28,30-32,55-56H,6-8,10,12-14,16,18-20,22,24-25,29,33-54H2,1-5H3/p+1/b11-9+,17-15+,23-21+,28-26+,31-27+,32-30+. The van der Waals surface area contributed by atoms with E-state index in [1.807, 2.05) is 21.1 Å². The minimum atomic E-state index is -0.879. The number of carboxylic acid groups (broad SMARTS) is 1. The number of carboxylic acids is 1. The molecule has 0 rings (SSSR count). The molecule has 0 saturated heterocycles. The largest absolute Gasteiger partial charge is 0.477 e. The molecule has 0 aliphatic rings. The van der Waals surface area contributed by atoms with Gasteiger partial charge in [0.25, 0.3) is 0 Å². The summed E-state index contributed by atoms with van der Waals surface area (Å²) in [5, 5.41) is 9.67. The van der Waals surface area contributed by atoms with Gasteiger partial charge in [0.15, 0.2) is 12.1 Å². The van der Waals surface area contributed by atoms with Crippen LogP contribution in [0.4, 0.5) is 0 Å². The van der Waals surface area contributed by atoms with Gasteiger partial charge in [0.1, 0.15) is 6.61 Å². The number of ether oxygens (including phenoxy) is 3. The van der Waals surface area contributed by atoms with Crippen LogP contribution in [0.3, 0.4) is 0 Å². The van der Waals surface area contributed by atoms with E-state index in [0.29, 0.717) is 19.3 Å². The molecule has 0 aliphatic heterocycles. The van der Waals surface area contributed by atoms with Gasteiger partial charge in [0.05, 0.1) is 34.4 Å². The first-order valence-electron chi connectivity index (χ1n) is 27.5. The summed E-state index contributed by atoms with van der Waals surface area (Å²) in [7, 11) is 5.53. The average molecular weight is 939 g/mol. The quantitative estimate of drug-likeness (QED) is 0.0281. The first-order chi connectivity index (χ1) is 32.6. The summed E-state index contributed by atoms with van der Waals surface area (Å²) >= 11 is 0. The number of allylic oxidation sites excluding steroid dienone is 12. The Labute approximate surface area is 412 Å². The number of carbonyl (C=O) groups is 3. The molecule has 67 heavy (non-hydrogen) atoms. The zero-order valence-electron chi connectivity index (χ0n) is 44.1. The van der Waals surface area contributed by atoms with Gasteiger partial charge in [-0.3, -0.25) is 9.59 Å². The normalized spacial score (nSPS) is 13.4. The smallest absolute Gasteiger partial charge is 0.362 e. The second-order valence-corrected chi connectivity index (χ2v) is 19.5. The highest BCUT2D eigenvalue weighted by Gasteiger charge is 2.31. The van der Waals surface area contributed by atoms with Crippen molar-refractivity contribution in [1.29, 1.82) is 0 Å². The van der Waals surface area contributed by atoms with E-state index in [9.17, 15) is 19.5 Å². The Bertz CT molecular complexity index is 1320. The molecule has 0 amide bonds. The molecule has 0 fully saturated rings. The third-order valence-corrected chi connectivity index (χ3v) is 12.1. The maximum atomic E-state index is 12.8. The van der Waals surface area contributed by atoms with Crippen LogP contribution >= 0.6 is 0 Å². The van der Waals surface area contributed by atoms with E-state index in [4.69, 9.17) is 14.2 Å². The van der Waals surface area contributed by atoms with Crippen molar-refractivity contribution in [3.05, 3.63) is 72.9 Å². The van der Waals surface area contributed by atoms with Crippen LogP contribution in [-0.2, 0) is 28.6 Å². The number of unbranched alkanes of at least 4 members (excludes halogenated alkanes) is 23. The Balaban J connectivity index is 4.24. The molecule has 0 spiro atoms. The highest BCUT2D eigenvalue weighted by molar-refractivity contribution is 5.72. The number of carbonyl (C=O) groups excluding carboxylic acids is 2. The molecule has 0 bridgehead atoms. The number of likely N-dealkylation sites (N-methyl/N-ethyl adjacent to an activating group) is 1. The zero-order valence-corrected chi connectivity index (χ0v) is 44.1. The first-order valence-corrected chi connectivity index (χ1v) is 27.5. The molecule has 0 aromatic carbocycles. The topological polar surface area (TPSA) is 99.1 Å². The third-order valence-electron chi connectivity index (χ3n) is 12.1. The predicted octanol–water partition coefficient (Wildman–Crippen LogP) is 16.3. The lowest BCUT2D eigenvalue weighted by Crippen LogP contribution is -2.50. The molecular formula is C59H104NO7+. The second kappa shape index (κ2) is 49.2. The molecule has 0 saturated carbocycles. The molecule has 386 valence electrons. The molecule has 2 atom stereocenters. The van der Waals surface area contributed by atoms with Gasteiger partial charge in [-0.25, -0.2) is 4.79 Å². The van der Waals surface area contributed by atoms with Gasteiger partial charge < -0.3 is 23.8 Å². The summed E-state index contributed by atoms with van der Waals surface area (Å²) in [6.45, 7) is 4.62. The van der Waals surface area contributed by atoms with Crippen LogP contribution in [0.2, 0.25) is 0 Å². The van der Waals surface area contributed by atoms with Crippen LogP contribution in [0.15, 0.2) is 72.9 Å². The number of esters is 2. The van der Waals surface area contributed by atoms with E-state index in [2.05, 4.69) is 86.8 Å². The van der Waals surface area contributed by atoms with Crippen molar-refractivity contribution in [3.8, 4) is 0 Å². The maximum absolute atomic E-state index is 12.8. The van der Waals surface area contributed by atoms with Gasteiger partial charge in [-0.2, -0.15) is 0 Å². The van der Waals surface area contributed by atoms with Gasteiger partial charge >= 0.3 is 17.9 Å². The molecule has 0 aromatic rings. The molecule has 1 N–H and O–H groups in total. The SMILES string of the molecule is CC/C=C/C/C=C/C/C=C/C/C=C/CCCCCCCCCC(=O)OC(COCCC(C(=O)O)[N+](C)(C)C)COC(=O)CCCCCCCCC/C=C/C/C=C/CCCCCCCCCCC. The summed E-state index contributed by atoms with van der Waals surface area (Å²) in [5.41, 5.74) is 0. The fourth-order valence-corrected chi connectivity index (χ4v) is 7.88. The molecule has 0 heterocycles. The molecule has 2 unspecified atom stereocenters. The Kier molecular flexibility index (Phi) is 46.8. The molecule has 8 heteroatoms. The average Bonchev–Trinajstić information content (AvgIpc) is 3.29. The molecule has 0 radical (unpaired) electrons. The Morgan fingerprint density at radius 2 is 0.836 bits per heavy atom. The van der Waals surface area contributed by atoms with Crippen LogP contribution in [0.5, 0.6) is 0 Å². The van der Waals surface area contributed by atoms with Crippen LogP contribution in [0, 0.1) is 0 Å². The maximum Gasteiger partial charge on any atom is 0.362 e. The fraction of sp³-hybridized carbons (Fsp3) is 0.746. The highest BCUT2D eigenvalue weighted by atomic mass is 16.6. The van der Waals surface area contributed by atoms with Gasteiger partial charge in [-0.15, -0.1) is 0 Å². The number of aliphatic carboxylic acids is 1. The number of hydrogen-bond donors (Lipinski definition) is 1. The second-order valence-electron chi connectivity index (χ2n) is 19.5. The summed E-state index contributed by atoms with van der Waals surface area (Å²) in [6, 6.07) is -0.622. The van der Waals surface area contributed by atoms with Crippen LogP contribution < -0.4 is 0 Å². The van der Waals surface area contributed by atoms with Crippen molar-refractivity contribution in [2.24, 2.45) is 0 Å². The Morgan fingerprint density at radius 3 is 1.24 bits per heavy atom. The van der Waals surface area contributed by atoms with E-state index in [-0.39, 0.29) is 36.2 Å². The Morgan fingerprint density at radius 1 is 0.463 bits per heavy atom. The molecule has 8 nitrogen and oxygen atoms in total. The molecular weight excluding hydrogens is 835 g/mol. The van der Waals surface area contributed by atoms with Crippen molar-refractivity contribution >= 4 is 17.9 Å². The van der Waals surface area contributed by atoms with Crippen molar-refractivity contribution in [2.75, 3.05) is 41.0 Å². The first kappa shape index (κ1) is 63.8. The third kappa shape index (κ3) is 47.6. The minimum absolute atomic E-state index is 0.0513. The monoisotopic (exact) mass is 939 g/mol. The summed E-state index contributed by atoms with van der Waals surface area (Å²) in [5.74, 6) is -1.49. The number of rotatable bonds is 49. The van der Waals surface area contributed by atoms with Crippen molar-refractivity contribution in [3.63, 3.8) is 0 Å². The van der Waals surface area contributed by atoms with Gasteiger partial charge in [0, 0.05) is 19.3 Å². The lowest BCUT2D eigenvalue weighted by Gasteiger charge is -2.31.